The summed E-state index contributed by atoms with van der Waals surface area (Å²) >= 11 is 0. The van der Waals surface area contributed by atoms with Gasteiger partial charge in [-0.25, -0.2) is 9.97 Å². The highest BCUT2D eigenvalue weighted by atomic mass is 15.2. The summed E-state index contributed by atoms with van der Waals surface area (Å²) in [5.41, 5.74) is 0.999. The van der Waals surface area contributed by atoms with Gasteiger partial charge in [-0.2, -0.15) is 0 Å². The van der Waals surface area contributed by atoms with Gasteiger partial charge in [0.25, 0.3) is 0 Å². The molecule has 0 radical (unpaired) electrons. The van der Waals surface area contributed by atoms with E-state index in [1.54, 1.807) is 6.20 Å². The van der Waals surface area contributed by atoms with Gasteiger partial charge in [0.05, 0.1) is 0 Å². The van der Waals surface area contributed by atoms with Crippen LogP contribution in [0.3, 0.4) is 0 Å². The third-order valence-corrected chi connectivity index (χ3v) is 1.18. The summed E-state index contributed by atoms with van der Waals surface area (Å²) in [6, 6.07) is 1.88. The fraction of sp³-hybridized carbons (Fsp3) is 0.556. The van der Waals surface area contributed by atoms with Crippen LogP contribution in [-0.2, 0) is 0 Å². The Morgan fingerprint density at radius 3 is 2.17 bits per heavy atom. The highest BCUT2D eigenvalue weighted by Crippen LogP contribution is 2.00. The molecule has 0 spiro atoms. The van der Waals surface area contributed by atoms with Crippen molar-refractivity contribution in [2.45, 2.75) is 20.8 Å². The van der Waals surface area contributed by atoms with Gasteiger partial charge in [-0.3, -0.25) is 0 Å². The van der Waals surface area contributed by atoms with E-state index in [-0.39, 0.29) is 0 Å². The molecule has 0 fully saturated rings. The van der Waals surface area contributed by atoms with Gasteiger partial charge in [-0.15, -0.1) is 0 Å². The Kier molecular flexibility index (Phi) is 5.00. The van der Waals surface area contributed by atoms with E-state index in [9.17, 15) is 0 Å². The van der Waals surface area contributed by atoms with Crippen LogP contribution >= 0.6 is 0 Å². The summed E-state index contributed by atoms with van der Waals surface area (Å²) in [6.07, 6.45) is 1.76. The minimum Gasteiger partial charge on any atom is -0.347 e. The molecule has 0 unspecified atom stereocenters. The lowest BCUT2D eigenvalue weighted by Crippen LogP contribution is -2.12. The zero-order valence-corrected chi connectivity index (χ0v) is 8.50. The van der Waals surface area contributed by atoms with Gasteiger partial charge in [0.15, 0.2) is 0 Å². The van der Waals surface area contributed by atoms with Gasteiger partial charge in [-0.1, -0.05) is 13.8 Å². The Bertz CT molecular complexity index is 221. The molecule has 0 amide bonds. The maximum atomic E-state index is 4.19. The van der Waals surface area contributed by atoms with Gasteiger partial charge in [0.2, 0.25) is 5.95 Å². The van der Waals surface area contributed by atoms with Crippen molar-refractivity contribution in [2.75, 3.05) is 19.0 Å². The van der Waals surface area contributed by atoms with Gasteiger partial charge in [0, 0.05) is 26.0 Å². The Hall–Kier alpha value is -1.12. The normalized spacial score (nSPS) is 8.42. The molecule has 3 nitrogen and oxygen atoms in total. The van der Waals surface area contributed by atoms with E-state index < -0.39 is 0 Å². The first kappa shape index (κ1) is 10.9. The van der Waals surface area contributed by atoms with Crippen molar-refractivity contribution in [3.63, 3.8) is 0 Å². The Balaban J connectivity index is 0.000000561. The van der Waals surface area contributed by atoms with E-state index in [1.807, 2.05) is 45.8 Å². The zero-order valence-electron chi connectivity index (χ0n) is 8.50. The van der Waals surface area contributed by atoms with Gasteiger partial charge >= 0.3 is 0 Å². The Morgan fingerprint density at radius 1 is 1.25 bits per heavy atom. The second-order valence-corrected chi connectivity index (χ2v) is 2.39. The van der Waals surface area contributed by atoms with Crippen molar-refractivity contribution in [1.82, 2.24) is 9.97 Å². The number of aromatic nitrogens is 2. The molecule has 0 aliphatic carbocycles. The smallest absolute Gasteiger partial charge is 0.224 e. The summed E-state index contributed by atoms with van der Waals surface area (Å²) in [6.45, 7) is 5.95. The molecule has 1 heterocycles. The maximum absolute atomic E-state index is 4.19. The molecule has 0 aromatic carbocycles. The second-order valence-electron chi connectivity index (χ2n) is 2.39. The first-order valence-electron chi connectivity index (χ1n) is 4.17. The predicted molar refractivity (Wildman–Crippen MR) is 52.4 cm³/mol. The number of aryl methyl sites for hydroxylation is 1. The third kappa shape index (κ3) is 3.32. The molecule has 68 valence electrons. The molecule has 0 aliphatic rings. The van der Waals surface area contributed by atoms with Crippen molar-refractivity contribution < 1.29 is 0 Å². The first-order valence-corrected chi connectivity index (χ1v) is 4.17. The Labute approximate surface area is 74.5 Å². The lowest BCUT2D eigenvalue weighted by atomic mass is 10.5. The number of nitrogens with zero attached hydrogens (tertiary/aromatic N) is 3. The summed E-state index contributed by atoms with van der Waals surface area (Å²) in [7, 11) is 3.85. The van der Waals surface area contributed by atoms with Gasteiger partial charge in [-0.05, 0) is 13.0 Å². The molecule has 0 atom stereocenters. The molecular formula is C9H17N3. The number of rotatable bonds is 1. The Morgan fingerprint density at radius 2 is 1.83 bits per heavy atom. The molecule has 0 saturated carbocycles. The number of anilines is 1. The summed E-state index contributed by atoms with van der Waals surface area (Å²) in [5, 5.41) is 0. The van der Waals surface area contributed by atoms with Crippen LogP contribution in [0, 0.1) is 6.92 Å². The standard InChI is InChI=1S/C7H11N3.C2H6/c1-6-4-5-8-7(9-6)10(2)3;1-2/h4-5H,1-3H3;1-2H3. The number of hydrogen-bond donors (Lipinski definition) is 0. The van der Waals surface area contributed by atoms with E-state index in [1.165, 1.54) is 0 Å². The fourth-order valence-corrected chi connectivity index (χ4v) is 0.651. The average molecular weight is 167 g/mol. The number of hydrogen-bond acceptors (Lipinski definition) is 3. The largest absolute Gasteiger partial charge is 0.347 e. The van der Waals surface area contributed by atoms with Crippen LogP contribution in [0.4, 0.5) is 5.95 Å². The quantitative estimate of drug-likeness (QED) is 0.639. The molecule has 12 heavy (non-hydrogen) atoms. The van der Waals surface area contributed by atoms with Crippen LogP contribution in [0.5, 0.6) is 0 Å². The second kappa shape index (κ2) is 5.52. The van der Waals surface area contributed by atoms with Crippen molar-refractivity contribution in [3.05, 3.63) is 18.0 Å². The van der Waals surface area contributed by atoms with Crippen LogP contribution in [0.15, 0.2) is 12.3 Å². The molecule has 1 rings (SSSR count). The fourth-order valence-electron chi connectivity index (χ4n) is 0.651. The molecule has 3 heteroatoms. The molecule has 0 bridgehead atoms. The van der Waals surface area contributed by atoms with E-state index in [4.69, 9.17) is 0 Å². The lowest BCUT2D eigenvalue weighted by Gasteiger charge is -2.08. The third-order valence-electron chi connectivity index (χ3n) is 1.18. The van der Waals surface area contributed by atoms with Crippen molar-refractivity contribution >= 4 is 5.95 Å². The van der Waals surface area contributed by atoms with E-state index >= 15 is 0 Å². The summed E-state index contributed by atoms with van der Waals surface area (Å²) in [5.74, 6) is 0.764. The molecular weight excluding hydrogens is 150 g/mol. The van der Waals surface area contributed by atoms with E-state index in [0.29, 0.717) is 0 Å². The molecule has 0 aliphatic heterocycles. The minimum absolute atomic E-state index is 0.764. The SMILES string of the molecule is CC.Cc1ccnc(N(C)C)n1. The summed E-state index contributed by atoms with van der Waals surface area (Å²) in [4.78, 5) is 10.1. The predicted octanol–water partition coefficient (Wildman–Crippen LogP) is 1.88. The topological polar surface area (TPSA) is 29.0 Å². The molecule has 0 N–H and O–H groups in total. The molecule has 1 aromatic rings. The molecule has 0 saturated heterocycles. The first-order chi connectivity index (χ1) is 5.70. The van der Waals surface area contributed by atoms with Crippen molar-refractivity contribution in [1.29, 1.82) is 0 Å². The van der Waals surface area contributed by atoms with Crippen molar-refractivity contribution in [3.8, 4) is 0 Å². The van der Waals surface area contributed by atoms with E-state index in [0.717, 1.165) is 11.6 Å². The van der Waals surface area contributed by atoms with Crippen molar-refractivity contribution in [2.24, 2.45) is 0 Å². The van der Waals surface area contributed by atoms with Crippen LogP contribution in [0.25, 0.3) is 0 Å². The highest BCUT2D eigenvalue weighted by Gasteiger charge is 1.95. The zero-order chi connectivity index (χ0) is 9.56. The van der Waals surface area contributed by atoms with Crippen LogP contribution in [0.2, 0.25) is 0 Å². The van der Waals surface area contributed by atoms with Crippen LogP contribution in [-0.4, -0.2) is 24.1 Å². The van der Waals surface area contributed by atoms with Gasteiger partial charge in [0.1, 0.15) is 0 Å². The average Bonchev–Trinajstić information content (AvgIpc) is 2.08. The summed E-state index contributed by atoms with van der Waals surface area (Å²) < 4.78 is 0. The van der Waals surface area contributed by atoms with E-state index in [2.05, 4.69) is 9.97 Å². The maximum Gasteiger partial charge on any atom is 0.224 e. The van der Waals surface area contributed by atoms with Crippen LogP contribution < -0.4 is 4.90 Å². The van der Waals surface area contributed by atoms with Gasteiger partial charge < -0.3 is 4.90 Å². The van der Waals surface area contributed by atoms with Crippen LogP contribution in [0.1, 0.15) is 19.5 Å². The minimum atomic E-state index is 0.764. The lowest BCUT2D eigenvalue weighted by molar-refractivity contribution is 0.977. The monoisotopic (exact) mass is 167 g/mol. The molecule has 1 aromatic heterocycles. The highest BCUT2D eigenvalue weighted by molar-refractivity contribution is 5.26.